The number of rotatable bonds is 0. The zero-order chi connectivity index (χ0) is 6.91. The van der Waals surface area contributed by atoms with Crippen LogP contribution < -0.4 is 11.5 Å². The first kappa shape index (κ1) is 6.29. The van der Waals surface area contributed by atoms with Crippen molar-refractivity contribution >= 4 is 6.21 Å². The van der Waals surface area contributed by atoms with Crippen LogP contribution in [0.5, 0.6) is 0 Å². The van der Waals surface area contributed by atoms with Gasteiger partial charge in [0.05, 0.1) is 5.54 Å². The highest BCUT2D eigenvalue weighted by molar-refractivity contribution is 5.71. The van der Waals surface area contributed by atoms with Crippen molar-refractivity contribution in [1.29, 1.82) is 0 Å². The summed E-state index contributed by atoms with van der Waals surface area (Å²) in [5, 5.41) is 0. The molecule has 0 saturated carbocycles. The van der Waals surface area contributed by atoms with E-state index in [4.69, 9.17) is 11.5 Å². The molecular weight excluding hydrogens is 114 g/mol. The Morgan fingerprint density at radius 1 is 1.78 bits per heavy atom. The van der Waals surface area contributed by atoms with Crippen molar-refractivity contribution in [2.75, 3.05) is 0 Å². The van der Waals surface area contributed by atoms with Crippen LogP contribution in [-0.2, 0) is 0 Å². The molecular formula is C6H11N3. The van der Waals surface area contributed by atoms with Gasteiger partial charge in [-0.2, -0.15) is 0 Å². The third-order valence-corrected chi connectivity index (χ3v) is 1.26. The summed E-state index contributed by atoms with van der Waals surface area (Å²) >= 11 is 0. The van der Waals surface area contributed by atoms with Gasteiger partial charge in [0.1, 0.15) is 5.82 Å². The van der Waals surface area contributed by atoms with Crippen molar-refractivity contribution in [3.05, 3.63) is 11.9 Å². The summed E-state index contributed by atoms with van der Waals surface area (Å²) in [5.41, 5.74) is 10.8. The molecule has 0 spiro atoms. The minimum Gasteiger partial charge on any atom is -0.384 e. The van der Waals surface area contributed by atoms with E-state index in [-0.39, 0.29) is 5.54 Å². The molecule has 1 heterocycles. The van der Waals surface area contributed by atoms with E-state index < -0.39 is 0 Å². The molecule has 0 fully saturated rings. The summed E-state index contributed by atoms with van der Waals surface area (Å²) in [5.74, 6) is 0.568. The largest absolute Gasteiger partial charge is 0.384 e. The molecule has 0 saturated heterocycles. The van der Waals surface area contributed by atoms with Gasteiger partial charge in [-0.05, 0) is 19.4 Å². The average molecular weight is 125 g/mol. The first-order valence-electron chi connectivity index (χ1n) is 2.90. The second-order valence-electron chi connectivity index (χ2n) is 2.60. The first-order valence-corrected chi connectivity index (χ1v) is 2.90. The molecule has 3 heteroatoms. The van der Waals surface area contributed by atoms with Crippen LogP contribution in [0.1, 0.15) is 13.3 Å². The minimum absolute atomic E-state index is 0.289. The standard InChI is InChI=1S/C6H11N3/c1-6(8)3-2-5(7)9-4-6/h2,4H,3,7-8H2,1H3. The summed E-state index contributed by atoms with van der Waals surface area (Å²) in [6, 6.07) is 0. The molecule has 0 amide bonds. The summed E-state index contributed by atoms with van der Waals surface area (Å²) in [7, 11) is 0. The molecule has 1 unspecified atom stereocenters. The van der Waals surface area contributed by atoms with Crippen molar-refractivity contribution in [3.8, 4) is 0 Å². The van der Waals surface area contributed by atoms with Crippen molar-refractivity contribution in [2.45, 2.75) is 18.9 Å². The van der Waals surface area contributed by atoms with Crippen LogP contribution in [0, 0.1) is 0 Å². The van der Waals surface area contributed by atoms with Crippen LogP contribution in [0.4, 0.5) is 0 Å². The van der Waals surface area contributed by atoms with Crippen LogP contribution in [0.3, 0.4) is 0 Å². The smallest absolute Gasteiger partial charge is 0.118 e. The molecule has 0 aromatic heterocycles. The molecule has 1 rings (SSSR count). The third kappa shape index (κ3) is 1.54. The normalized spacial score (nSPS) is 34.2. The zero-order valence-corrected chi connectivity index (χ0v) is 5.46. The van der Waals surface area contributed by atoms with Crippen molar-refractivity contribution < 1.29 is 0 Å². The van der Waals surface area contributed by atoms with Gasteiger partial charge in [0, 0.05) is 6.21 Å². The summed E-state index contributed by atoms with van der Waals surface area (Å²) in [4.78, 5) is 3.87. The van der Waals surface area contributed by atoms with E-state index in [9.17, 15) is 0 Å². The number of hydrogen-bond acceptors (Lipinski definition) is 3. The fourth-order valence-corrected chi connectivity index (χ4v) is 0.652. The van der Waals surface area contributed by atoms with E-state index in [0.717, 1.165) is 6.42 Å². The molecule has 3 nitrogen and oxygen atoms in total. The first-order chi connectivity index (χ1) is 4.10. The predicted molar refractivity (Wildman–Crippen MR) is 38.0 cm³/mol. The molecule has 1 aliphatic heterocycles. The van der Waals surface area contributed by atoms with Gasteiger partial charge in [0.25, 0.3) is 0 Å². The Morgan fingerprint density at radius 2 is 2.44 bits per heavy atom. The Morgan fingerprint density at radius 3 is 2.78 bits per heavy atom. The Kier molecular flexibility index (Phi) is 1.29. The lowest BCUT2D eigenvalue weighted by atomic mass is 9.99. The Bertz CT molecular complexity index is 167. The van der Waals surface area contributed by atoms with Crippen LogP contribution >= 0.6 is 0 Å². The van der Waals surface area contributed by atoms with E-state index in [0.29, 0.717) is 5.82 Å². The fraction of sp³-hybridized carbons (Fsp3) is 0.500. The highest BCUT2D eigenvalue weighted by atomic mass is 14.9. The van der Waals surface area contributed by atoms with E-state index in [1.807, 2.05) is 13.0 Å². The highest BCUT2D eigenvalue weighted by Crippen LogP contribution is 2.09. The maximum atomic E-state index is 5.69. The third-order valence-electron chi connectivity index (χ3n) is 1.26. The summed E-state index contributed by atoms with van der Waals surface area (Å²) in [6.07, 6.45) is 4.30. The number of hydrogen-bond donors (Lipinski definition) is 2. The fourth-order valence-electron chi connectivity index (χ4n) is 0.652. The lowest BCUT2D eigenvalue weighted by Crippen LogP contribution is -2.39. The topological polar surface area (TPSA) is 64.4 Å². The van der Waals surface area contributed by atoms with Crippen LogP contribution in [0.15, 0.2) is 16.9 Å². The van der Waals surface area contributed by atoms with E-state index in [1.165, 1.54) is 0 Å². The molecule has 0 bridgehead atoms. The van der Waals surface area contributed by atoms with Crippen LogP contribution in [-0.4, -0.2) is 11.8 Å². The van der Waals surface area contributed by atoms with E-state index in [2.05, 4.69) is 4.99 Å². The van der Waals surface area contributed by atoms with Crippen molar-refractivity contribution in [2.24, 2.45) is 16.5 Å². The minimum atomic E-state index is -0.289. The molecule has 0 aliphatic carbocycles. The molecule has 1 aliphatic rings. The maximum Gasteiger partial charge on any atom is 0.118 e. The second kappa shape index (κ2) is 1.84. The quantitative estimate of drug-likeness (QED) is 0.478. The maximum absolute atomic E-state index is 5.69. The van der Waals surface area contributed by atoms with Gasteiger partial charge in [0.15, 0.2) is 0 Å². The molecule has 1 atom stereocenters. The number of nitrogens with two attached hydrogens (primary N) is 2. The lowest BCUT2D eigenvalue weighted by molar-refractivity contribution is 0.636. The van der Waals surface area contributed by atoms with Gasteiger partial charge in [-0.3, -0.25) is 0 Å². The molecule has 0 aromatic carbocycles. The summed E-state index contributed by atoms with van der Waals surface area (Å²) in [6.45, 7) is 1.92. The molecule has 0 aromatic rings. The molecule has 0 radical (unpaired) electrons. The molecule has 9 heavy (non-hydrogen) atoms. The van der Waals surface area contributed by atoms with Gasteiger partial charge in [0.2, 0.25) is 0 Å². The second-order valence-corrected chi connectivity index (χ2v) is 2.60. The molecule has 4 N–H and O–H groups in total. The van der Waals surface area contributed by atoms with Gasteiger partial charge >= 0.3 is 0 Å². The number of aliphatic imine (C=N–C) groups is 1. The Hall–Kier alpha value is -0.830. The van der Waals surface area contributed by atoms with Gasteiger partial charge in [-0.15, -0.1) is 0 Å². The molecule has 50 valence electrons. The van der Waals surface area contributed by atoms with Gasteiger partial charge in [-0.1, -0.05) is 0 Å². The van der Waals surface area contributed by atoms with Gasteiger partial charge < -0.3 is 11.5 Å². The number of nitrogens with zero attached hydrogens (tertiary/aromatic N) is 1. The van der Waals surface area contributed by atoms with Crippen LogP contribution in [0.2, 0.25) is 0 Å². The van der Waals surface area contributed by atoms with E-state index in [1.54, 1.807) is 6.21 Å². The predicted octanol–water partition coefficient (Wildman–Crippen LogP) is -0.0216. The highest BCUT2D eigenvalue weighted by Gasteiger charge is 2.16. The van der Waals surface area contributed by atoms with E-state index >= 15 is 0 Å². The average Bonchev–Trinajstić information content (AvgIpc) is 1.78. The van der Waals surface area contributed by atoms with Crippen LogP contribution in [0.25, 0.3) is 0 Å². The van der Waals surface area contributed by atoms with Crippen molar-refractivity contribution in [1.82, 2.24) is 0 Å². The van der Waals surface area contributed by atoms with Gasteiger partial charge in [-0.25, -0.2) is 4.99 Å². The SMILES string of the molecule is CC1(N)C=NC(N)=CC1. The summed E-state index contributed by atoms with van der Waals surface area (Å²) < 4.78 is 0. The zero-order valence-electron chi connectivity index (χ0n) is 5.46. The lowest BCUT2D eigenvalue weighted by Gasteiger charge is -2.19. The Balaban J connectivity index is 2.70. The Labute approximate surface area is 54.4 Å². The monoisotopic (exact) mass is 125 g/mol. The van der Waals surface area contributed by atoms with Crippen molar-refractivity contribution in [3.63, 3.8) is 0 Å².